The first kappa shape index (κ1) is 25.3. The number of nitrogens with one attached hydrogen (secondary N) is 1. The molecule has 0 radical (unpaired) electrons. The number of amides is 1. The number of carbonyl (C=O) groups is 1. The number of aromatic amines is 1. The summed E-state index contributed by atoms with van der Waals surface area (Å²) in [6.45, 7) is 0. The van der Waals surface area contributed by atoms with Crippen molar-refractivity contribution < 1.29 is 13.2 Å². The molecular formula is C26H27N11O3S. The molecule has 1 amide bonds. The number of hydrogen-bond acceptors (Lipinski definition) is 10. The standard InChI is InChI=1S/C26H27N11O3S/c1-35-8-7-20(34-35)19-6-3-14(11-28-19)18-12-31-37-23(27)22(41(2,39)40)21(32-25(18)37)15-9-16-4-5-17(10-15)36(16)26(38)24-29-13-30-33-24/h3,6-8,11-13,15-17H,4-5,9-10,27H2,1-2H3,(H,29,30,33)/t15-,16-,17+. The maximum Gasteiger partial charge on any atom is 0.292 e. The van der Waals surface area contributed by atoms with Gasteiger partial charge in [0.25, 0.3) is 5.91 Å². The molecule has 7 heterocycles. The van der Waals surface area contributed by atoms with Crippen molar-refractivity contribution in [2.45, 2.75) is 48.6 Å². The molecule has 3 N–H and O–H groups in total. The van der Waals surface area contributed by atoms with Gasteiger partial charge in [-0.2, -0.15) is 14.7 Å². The minimum absolute atomic E-state index is 0.0114. The highest BCUT2D eigenvalue weighted by Gasteiger charge is 2.46. The number of fused-ring (bicyclic) bond motifs is 3. The molecular weight excluding hydrogens is 546 g/mol. The zero-order chi connectivity index (χ0) is 28.5. The highest BCUT2D eigenvalue weighted by atomic mass is 32.2. The quantitative estimate of drug-likeness (QED) is 0.315. The monoisotopic (exact) mass is 573 g/mol. The summed E-state index contributed by atoms with van der Waals surface area (Å²) in [6, 6.07) is 5.52. The summed E-state index contributed by atoms with van der Waals surface area (Å²) in [5.41, 5.74) is 10.3. The summed E-state index contributed by atoms with van der Waals surface area (Å²) in [5, 5.41) is 16.4. The lowest BCUT2D eigenvalue weighted by molar-refractivity contribution is 0.0556. The summed E-state index contributed by atoms with van der Waals surface area (Å²) in [5.74, 6) is -0.188. The molecule has 0 unspecified atom stereocenters. The number of carbonyl (C=O) groups excluding carboxylic acids is 1. The topological polar surface area (TPSA) is 183 Å². The number of H-pyrrole nitrogens is 1. The van der Waals surface area contributed by atoms with Gasteiger partial charge in [0.1, 0.15) is 22.7 Å². The van der Waals surface area contributed by atoms with Crippen LogP contribution in [0, 0.1) is 0 Å². The third-order valence-electron chi connectivity index (χ3n) is 8.06. The Kier molecular flexibility index (Phi) is 5.67. The van der Waals surface area contributed by atoms with Crippen LogP contribution in [0.15, 0.2) is 48.0 Å². The van der Waals surface area contributed by atoms with Crippen LogP contribution in [0.1, 0.15) is 47.9 Å². The Bertz CT molecular complexity index is 1880. The molecule has 0 aliphatic carbocycles. The van der Waals surface area contributed by atoms with Crippen molar-refractivity contribution in [2.24, 2.45) is 7.05 Å². The van der Waals surface area contributed by atoms with Crippen molar-refractivity contribution >= 4 is 27.2 Å². The second-order valence-electron chi connectivity index (χ2n) is 10.7. The van der Waals surface area contributed by atoms with Gasteiger partial charge in [0.2, 0.25) is 5.82 Å². The van der Waals surface area contributed by atoms with E-state index >= 15 is 0 Å². The fourth-order valence-corrected chi connectivity index (χ4v) is 7.36. The average Bonchev–Trinajstić information content (AvgIpc) is 3.74. The molecule has 15 heteroatoms. The van der Waals surface area contributed by atoms with Gasteiger partial charge in [-0.1, -0.05) is 6.07 Å². The number of sulfone groups is 1. The van der Waals surface area contributed by atoms with Crippen LogP contribution in [0.3, 0.4) is 0 Å². The highest BCUT2D eigenvalue weighted by Crippen LogP contribution is 2.45. The van der Waals surface area contributed by atoms with E-state index in [0.29, 0.717) is 29.7 Å². The molecule has 7 rings (SSSR count). The van der Waals surface area contributed by atoms with E-state index in [1.54, 1.807) is 17.1 Å². The van der Waals surface area contributed by atoms with Crippen molar-refractivity contribution in [3.8, 4) is 22.5 Å². The minimum atomic E-state index is -3.75. The number of nitrogens with zero attached hydrogens (tertiary/aromatic N) is 9. The van der Waals surface area contributed by atoms with Gasteiger partial charge in [0.15, 0.2) is 15.5 Å². The van der Waals surface area contributed by atoms with Gasteiger partial charge >= 0.3 is 0 Å². The van der Waals surface area contributed by atoms with Crippen LogP contribution in [0.25, 0.3) is 28.2 Å². The predicted molar refractivity (Wildman–Crippen MR) is 147 cm³/mol. The fourth-order valence-electron chi connectivity index (χ4n) is 6.30. The number of hydrogen-bond donors (Lipinski definition) is 2. The van der Waals surface area contributed by atoms with Gasteiger partial charge in [0, 0.05) is 54.8 Å². The molecule has 2 aliphatic heterocycles. The first-order valence-corrected chi connectivity index (χ1v) is 15.1. The van der Waals surface area contributed by atoms with Crippen LogP contribution in [-0.2, 0) is 16.9 Å². The van der Waals surface area contributed by atoms with E-state index in [1.807, 2.05) is 36.3 Å². The predicted octanol–water partition coefficient (Wildman–Crippen LogP) is 1.85. The summed E-state index contributed by atoms with van der Waals surface area (Å²) < 4.78 is 29.2. The number of pyridine rings is 1. The summed E-state index contributed by atoms with van der Waals surface area (Å²) in [6.07, 6.45) is 10.5. The van der Waals surface area contributed by atoms with Gasteiger partial charge in [0.05, 0.1) is 17.6 Å². The summed E-state index contributed by atoms with van der Waals surface area (Å²) >= 11 is 0. The Labute approximate surface area is 234 Å². The van der Waals surface area contributed by atoms with Crippen molar-refractivity contribution in [3.05, 3.63) is 54.6 Å². The fraction of sp³-hybridized carbons (Fsp3) is 0.346. The van der Waals surface area contributed by atoms with Crippen LogP contribution in [0.2, 0.25) is 0 Å². The minimum Gasteiger partial charge on any atom is -0.382 e. The normalized spacial score (nSPS) is 20.6. The van der Waals surface area contributed by atoms with Crippen LogP contribution in [0.4, 0.5) is 5.82 Å². The lowest BCUT2D eigenvalue weighted by Crippen LogP contribution is -2.46. The van der Waals surface area contributed by atoms with Gasteiger partial charge in [-0.15, -0.1) is 10.2 Å². The van der Waals surface area contributed by atoms with Gasteiger partial charge in [-0.05, 0) is 37.8 Å². The maximum atomic E-state index is 13.1. The molecule has 210 valence electrons. The van der Waals surface area contributed by atoms with E-state index in [2.05, 4.69) is 30.4 Å². The Hall–Kier alpha value is -4.66. The maximum absolute atomic E-state index is 13.1. The Morgan fingerprint density at radius 1 is 1.10 bits per heavy atom. The van der Waals surface area contributed by atoms with Crippen LogP contribution in [-0.4, -0.2) is 82.1 Å². The average molecular weight is 574 g/mol. The first-order valence-electron chi connectivity index (χ1n) is 13.2. The van der Waals surface area contributed by atoms with Crippen molar-refractivity contribution in [1.29, 1.82) is 0 Å². The van der Waals surface area contributed by atoms with Crippen molar-refractivity contribution in [2.75, 3.05) is 12.0 Å². The smallest absolute Gasteiger partial charge is 0.292 e. The van der Waals surface area contributed by atoms with E-state index < -0.39 is 9.84 Å². The molecule has 0 spiro atoms. The zero-order valence-corrected chi connectivity index (χ0v) is 23.2. The third kappa shape index (κ3) is 4.15. The second kappa shape index (κ2) is 9.19. The second-order valence-corrected chi connectivity index (χ2v) is 12.6. The molecule has 2 fully saturated rings. The molecule has 5 aromatic heterocycles. The third-order valence-corrected chi connectivity index (χ3v) is 9.22. The van der Waals surface area contributed by atoms with Crippen LogP contribution >= 0.6 is 0 Å². The molecule has 0 saturated carbocycles. The number of nitrogen functional groups attached to an aromatic ring is 1. The van der Waals surface area contributed by atoms with Crippen molar-refractivity contribution in [3.63, 3.8) is 0 Å². The number of aryl methyl sites for hydroxylation is 1. The SMILES string of the molecule is Cn1ccc(-c2ccc(-c3cnn4c(N)c(S(C)(=O)=O)c([C@@H]5C[C@H]6CC[C@@H](C5)N6C(=O)c5nnc[nH]5)nc34)cn2)n1. The molecule has 0 aromatic carbocycles. The Morgan fingerprint density at radius 3 is 2.49 bits per heavy atom. The number of nitrogens with two attached hydrogens (primary N) is 1. The summed E-state index contributed by atoms with van der Waals surface area (Å²) in [7, 11) is -1.90. The number of piperidine rings is 1. The van der Waals surface area contributed by atoms with E-state index in [9.17, 15) is 13.2 Å². The van der Waals surface area contributed by atoms with Crippen LogP contribution in [0.5, 0.6) is 0 Å². The van der Waals surface area contributed by atoms with E-state index in [-0.39, 0.29) is 40.4 Å². The molecule has 41 heavy (non-hydrogen) atoms. The number of aromatic nitrogens is 9. The van der Waals surface area contributed by atoms with E-state index in [0.717, 1.165) is 36.0 Å². The number of rotatable bonds is 5. The molecule has 3 atom stereocenters. The Balaban J connectivity index is 1.28. The van der Waals surface area contributed by atoms with Gasteiger partial charge in [-0.3, -0.25) is 14.5 Å². The first-order chi connectivity index (χ1) is 19.7. The molecule has 14 nitrogen and oxygen atoms in total. The zero-order valence-electron chi connectivity index (χ0n) is 22.3. The van der Waals surface area contributed by atoms with E-state index in [4.69, 9.17) is 10.7 Å². The lowest BCUT2D eigenvalue weighted by atomic mass is 9.87. The largest absolute Gasteiger partial charge is 0.382 e. The molecule has 2 saturated heterocycles. The van der Waals surface area contributed by atoms with E-state index in [1.165, 1.54) is 10.8 Å². The van der Waals surface area contributed by atoms with Gasteiger partial charge in [-0.25, -0.2) is 13.4 Å². The lowest BCUT2D eigenvalue weighted by Gasteiger charge is -2.38. The van der Waals surface area contributed by atoms with Crippen molar-refractivity contribution in [1.82, 2.24) is 49.4 Å². The van der Waals surface area contributed by atoms with Crippen LogP contribution < -0.4 is 5.73 Å². The molecule has 5 aromatic rings. The molecule has 2 aliphatic rings. The summed E-state index contributed by atoms with van der Waals surface area (Å²) in [4.78, 5) is 27.3. The molecule has 2 bridgehead atoms. The van der Waals surface area contributed by atoms with Gasteiger partial charge < -0.3 is 15.6 Å². The Morgan fingerprint density at radius 2 is 1.88 bits per heavy atom. The highest BCUT2D eigenvalue weighted by molar-refractivity contribution is 7.91. The number of anilines is 1.